The van der Waals surface area contributed by atoms with E-state index in [9.17, 15) is 0 Å². The van der Waals surface area contributed by atoms with E-state index >= 15 is 0 Å². The normalized spacial score (nSPS) is 29.7. The summed E-state index contributed by atoms with van der Waals surface area (Å²) in [6.07, 6.45) is 15.2. The van der Waals surface area contributed by atoms with Crippen molar-refractivity contribution in [1.29, 1.82) is 0 Å². The van der Waals surface area contributed by atoms with Gasteiger partial charge in [0.1, 0.15) is 0 Å². The first kappa shape index (κ1) is 24.0. The van der Waals surface area contributed by atoms with Gasteiger partial charge in [-0.25, -0.2) is 0 Å². The number of benzene rings is 2. The first-order chi connectivity index (χ1) is 17.2. The van der Waals surface area contributed by atoms with Gasteiger partial charge in [0.25, 0.3) is 0 Å². The quantitative estimate of drug-likeness (QED) is 0.377. The average Bonchev–Trinajstić information content (AvgIpc) is 3.53. The fourth-order valence-corrected chi connectivity index (χ4v) is 8.76. The van der Waals surface area contributed by atoms with Crippen molar-refractivity contribution in [1.82, 2.24) is 0 Å². The SMILES string of the molecule is C=C1CCC(=C)C1CC1=Cc2cccc(-c3cc(C)cc(C)c3CC3CC[C@]4(C)CCC[C@]34C)c2C1. The first-order valence-electron chi connectivity index (χ1n) is 14.5. The molecule has 0 heterocycles. The molecule has 0 heteroatoms. The molecule has 36 heavy (non-hydrogen) atoms. The van der Waals surface area contributed by atoms with Crippen molar-refractivity contribution in [3.63, 3.8) is 0 Å². The van der Waals surface area contributed by atoms with E-state index in [4.69, 9.17) is 0 Å². The summed E-state index contributed by atoms with van der Waals surface area (Å²) in [6.45, 7) is 18.6. The average molecular weight is 477 g/mol. The van der Waals surface area contributed by atoms with Gasteiger partial charge in [-0.3, -0.25) is 0 Å². The zero-order valence-electron chi connectivity index (χ0n) is 23.1. The summed E-state index contributed by atoms with van der Waals surface area (Å²) in [4.78, 5) is 0. The molecule has 0 amide bonds. The minimum Gasteiger partial charge on any atom is -0.0992 e. The Morgan fingerprint density at radius 1 is 0.917 bits per heavy atom. The van der Waals surface area contributed by atoms with Gasteiger partial charge < -0.3 is 0 Å². The highest BCUT2D eigenvalue weighted by Crippen LogP contribution is 2.65. The third-order valence-corrected chi connectivity index (χ3v) is 11.3. The predicted octanol–water partition coefficient (Wildman–Crippen LogP) is 9.97. The maximum atomic E-state index is 4.37. The zero-order valence-corrected chi connectivity index (χ0v) is 23.1. The Bertz CT molecular complexity index is 1270. The standard InChI is InChI=1S/C36H44/c1-23-17-26(4)32(22-29-13-16-35(5)14-8-15-36(29,35)6)34(18-23)30-10-7-9-28-19-27(21-33(28)30)20-31-24(2)11-12-25(31)3/h7,9-10,17-19,29,31H,2-3,8,11-16,20-22H2,1,4-6H3/t29?,35-,36+/m0/s1. The van der Waals surface area contributed by atoms with Gasteiger partial charge in [0.15, 0.2) is 0 Å². The van der Waals surface area contributed by atoms with E-state index in [-0.39, 0.29) is 0 Å². The summed E-state index contributed by atoms with van der Waals surface area (Å²) in [5, 5.41) is 0. The molecule has 3 atom stereocenters. The predicted molar refractivity (Wildman–Crippen MR) is 155 cm³/mol. The van der Waals surface area contributed by atoms with Gasteiger partial charge in [0, 0.05) is 5.92 Å². The minimum atomic E-state index is 0.481. The highest BCUT2D eigenvalue weighted by atomic mass is 14.6. The van der Waals surface area contributed by atoms with Crippen molar-refractivity contribution in [2.45, 2.75) is 91.9 Å². The lowest BCUT2D eigenvalue weighted by Crippen LogP contribution is -2.32. The van der Waals surface area contributed by atoms with Crippen LogP contribution < -0.4 is 0 Å². The van der Waals surface area contributed by atoms with Crippen LogP contribution in [0.5, 0.6) is 0 Å². The summed E-state index contributed by atoms with van der Waals surface area (Å²) in [6, 6.07) is 11.9. The summed E-state index contributed by atoms with van der Waals surface area (Å²) >= 11 is 0. The lowest BCUT2D eigenvalue weighted by Gasteiger charge is -2.39. The van der Waals surface area contributed by atoms with Crippen LogP contribution in [0.25, 0.3) is 17.2 Å². The molecule has 188 valence electrons. The summed E-state index contributed by atoms with van der Waals surface area (Å²) in [5.74, 6) is 1.28. The van der Waals surface area contributed by atoms with E-state index in [1.165, 1.54) is 83.1 Å². The number of rotatable bonds is 5. The molecule has 0 aromatic heterocycles. The molecule has 0 aliphatic heterocycles. The number of hydrogen-bond acceptors (Lipinski definition) is 0. The first-order valence-corrected chi connectivity index (χ1v) is 14.5. The van der Waals surface area contributed by atoms with Gasteiger partial charge in [-0.2, -0.15) is 0 Å². The lowest BCUT2D eigenvalue weighted by atomic mass is 9.65. The van der Waals surface area contributed by atoms with Crippen molar-refractivity contribution in [3.8, 4) is 11.1 Å². The Morgan fingerprint density at radius 3 is 2.47 bits per heavy atom. The van der Waals surface area contributed by atoms with E-state index in [2.05, 4.69) is 77.3 Å². The number of hydrogen-bond donors (Lipinski definition) is 0. The Balaban J connectivity index is 1.34. The zero-order chi connectivity index (χ0) is 25.2. The molecule has 0 radical (unpaired) electrons. The molecule has 0 bridgehead atoms. The van der Waals surface area contributed by atoms with Crippen LogP contribution in [-0.2, 0) is 12.8 Å². The molecule has 3 fully saturated rings. The Kier molecular flexibility index (Phi) is 5.75. The lowest BCUT2D eigenvalue weighted by molar-refractivity contribution is 0.107. The van der Waals surface area contributed by atoms with Crippen LogP contribution in [-0.4, -0.2) is 0 Å². The molecule has 0 N–H and O–H groups in total. The van der Waals surface area contributed by atoms with Gasteiger partial charge in [-0.15, -0.1) is 0 Å². The van der Waals surface area contributed by atoms with Crippen molar-refractivity contribution in [2.75, 3.05) is 0 Å². The van der Waals surface area contributed by atoms with Crippen molar-refractivity contribution >= 4 is 6.08 Å². The molecular formula is C36H44. The summed E-state index contributed by atoms with van der Waals surface area (Å²) < 4.78 is 0. The van der Waals surface area contributed by atoms with Crippen molar-refractivity contribution in [2.24, 2.45) is 22.7 Å². The molecule has 2 aromatic rings. The number of allylic oxidation sites excluding steroid dienone is 3. The van der Waals surface area contributed by atoms with Gasteiger partial charge >= 0.3 is 0 Å². The molecule has 0 saturated heterocycles. The summed E-state index contributed by atoms with van der Waals surface area (Å²) in [7, 11) is 0. The van der Waals surface area contributed by atoms with Crippen LogP contribution in [0.1, 0.15) is 93.0 Å². The van der Waals surface area contributed by atoms with Crippen LogP contribution >= 0.6 is 0 Å². The van der Waals surface area contributed by atoms with Crippen LogP contribution in [0.3, 0.4) is 0 Å². The van der Waals surface area contributed by atoms with Crippen LogP contribution in [0, 0.1) is 36.5 Å². The van der Waals surface area contributed by atoms with Gasteiger partial charge in [-0.05, 0) is 122 Å². The molecule has 2 aromatic carbocycles. The molecule has 3 saturated carbocycles. The largest absolute Gasteiger partial charge is 0.0992 e. The maximum Gasteiger partial charge on any atom is 0.00392 e. The maximum absolute atomic E-state index is 4.37. The molecular weight excluding hydrogens is 432 g/mol. The van der Waals surface area contributed by atoms with Crippen molar-refractivity contribution in [3.05, 3.63) is 88.0 Å². The number of fused-ring (bicyclic) bond motifs is 2. The fourth-order valence-electron chi connectivity index (χ4n) is 8.76. The smallest absolute Gasteiger partial charge is 0.00392 e. The monoisotopic (exact) mass is 476 g/mol. The Morgan fingerprint density at radius 2 is 1.69 bits per heavy atom. The molecule has 1 unspecified atom stereocenters. The molecule has 4 aliphatic carbocycles. The van der Waals surface area contributed by atoms with Gasteiger partial charge in [0.05, 0.1) is 0 Å². The van der Waals surface area contributed by atoms with E-state index in [1.54, 1.807) is 11.1 Å². The van der Waals surface area contributed by atoms with E-state index in [0.29, 0.717) is 16.7 Å². The minimum absolute atomic E-state index is 0.481. The Labute approximate surface area is 219 Å². The second-order valence-corrected chi connectivity index (χ2v) is 13.3. The highest BCUT2D eigenvalue weighted by Gasteiger charge is 2.56. The van der Waals surface area contributed by atoms with Crippen LogP contribution in [0.15, 0.2) is 60.2 Å². The number of aryl methyl sites for hydroxylation is 2. The van der Waals surface area contributed by atoms with Crippen LogP contribution in [0.4, 0.5) is 0 Å². The van der Waals surface area contributed by atoms with E-state index in [0.717, 1.165) is 31.6 Å². The topological polar surface area (TPSA) is 0 Å². The third kappa shape index (κ3) is 3.70. The molecule has 0 spiro atoms. The fraction of sp³-hybridized carbons (Fsp3) is 0.500. The van der Waals surface area contributed by atoms with Crippen LogP contribution in [0.2, 0.25) is 0 Å². The van der Waals surface area contributed by atoms with Gasteiger partial charge in [-0.1, -0.05) is 92.1 Å². The third-order valence-electron chi connectivity index (χ3n) is 11.3. The molecule has 6 rings (SSSR count). The van der Waals surface area contributed by atoms with E-state index < -0.39 is 0 Å². The van der Waals surface area contributed by atoms with Crippen molar-refractivity contribution < 1.29 is 0 Å². The summed E-state index contributed by atoms with van der Waals surface area (Å²) in [5.41, 5.74) is 15.8. The van der Waals surface area contributed by atoms with Gasteiger partial charge in [0.2, 0.25) is 0 Å². The molecule has 4 aliphatic rings. The molecule has 0 nitrogen and oxygen atoms in total. The second kappa shape index (κ2) is 8.61. The van der Waals surface area contributed by atoms with E-state index in [1.807, 2.05) is 0 Å². The Hall–Kier alpha value is -2.34. The second-order valence-electron chi connectivity index (χ2n) is 13.3. The highest BCUT2D eigenvalue weighted by molar-refractivity contribution is 5.80.